The number of aromatic nitrogens is 2. The number of rotatable bonds is 14. The van der Waals surface area contributed by atoms with E-state index in [9.17, 15) is 8.42 Å². The summed E-state index contributed by atoms with van der Waals surface area (Å²) in [5.74, 6) is 1.28. The molecule has 0 spiro atoms. The summed E-state index contributed by atoms with van der Waals surface area (Å²) in [6, 6.07) is 11.5. The molecule has 1 aliphatic rings. The average Bonchev–Trinajstić information content (AvgIpc) is 3.02. The maximum Gasteiger partial charge on any atom is 0.229 e. The molecule has 0 aliphatic carbocycles. The summed E-state index contributed by atoms with van der Waals surface area (Å²) in [6.45, 7) is 0. The second-order valence-electron chi connectivity index (χ2n) is 24.8. The zero-order chi connectivity index (χ0) is 46.3. The number of nitrogens with one attached hydrogen (secondary N) is 3. The molecule has 4 rings (SSSR count). The monoisotopic (exact) mass is 822 g/mol. The predicted octanol–water partition coefficient (Wildman–Crippen LogP) is -16.6. The van der Waals surface area contributed by atoms with E-state index in [2.05, 4.69) is 151 Å². The van der Waals surface area contributed by atoms with E-state index in [-0.39, 0.29) is 53.0 Å². The van der Waals surface area contributed by atoms with Crippen LogP contribution >= 0.6 is 11.6 Å². The first-order valence-corrected chi connectivity index (χ1v) is 23.6. The molecule has 8 nitrogen and oxygen atoms in total. The van der Waals surface area contributed by atoms with Crippen LogP contribution in [0.5, 0.6) is 5.75 Å². The first-order valence-electron chi connectivity index (χ1n) is 21.7. The van der Waals surface area contributed by atoms with E-state index >= 15 is 0 Å². The Morgan fingerprint density at radius 1 is 0.700 bits per heavy atom. The van der Waals surface area contributed by atoms with Crippen molar-refractivity contribution in [3.8, 4) is 5.75 Å². The number of hydrogen-bond acceptors (Lipinski definition) is 8. The van der Waals surface area contributed by atoms with Crippen molar-refractivity contribution in [2.45, 2.75) is 69.4 Å². The van der Waals surface area contributed by atoms with Gasteiger partial charge < -0.3 is 20.7 Å². The molecule has 0 saturated carbocycles. The van der Waals surface area contributed by atoms with Gasteiger partial charge in [0.1, 0.15) is 57.8 Å². The van der Waals surface area contributed by atoms with Crippen molar-refractivity contribution < 1.29 is 13.2 Å². The smallest absolute Gasteiger partial charge is 0.229 e. The van der Waals surface area contributed by atoms with E-state index in [4.69, 9.17) is 21.3 Å². The summed E-state index contributed by atoms with van der Waals surface area (Å²) in [5.41, 5.74) is 3.01. The molecule has 2 aromatic carbocycles. The summed E-state index contributed by atoms with van der Waals surface area (Å²) < 4.78 is 36.0. The van der Waals surface area contributed by atoms with Gasteiger partial charge in [-0.1, -0.05) is 44.6 Å². The summed E-state index contributed by atoms with van der Waals surface area (Å²) in [5, 5.41) is 8.79. The molecule has 0 amide bonds. The Morgan fingerprint density at radius 3 is 1.67 bits per heavy atom. The van der Waals surface area contributed by atoms with Gasteiger partial charge in [-0.3, -0.25) is 0 Å². The quantitative estimate of drug-likeness (QED) is 0.138. The van der Waals surface area contributed by atoms with Crippen LogP contribution in [0.2, 0.25) is 25.5 Å². The van der Waals surface area contributed by atoms with Gasteiger partial charge in [-0.2, -0.15) is 4.98 Å². The van der Waals surface area contributed by atoms with Crippen molar-refractivity contribution in [3.63, 3.8) is 0 Å². The normalized spacial score (nSPS) is 17.6. The minimum Gasteiger partial charge on any atom is -0.498 e. The van der Waals surface area contributed by atoms with Crippen molar-refractivity contribution >= 4 is 217 Å². The molecule has 1 saturated heterocycles. The number of piperidine rings is 1. The number of ether oxygens (including phenoxy) is 1. The van der Waals surface area contributed by atoms with Crippen LogP contribution in [0.4, 0.5) is 23.1 Å². The maximum absolute atomic E-state index is 14.9. The van der Waals surface area contributed by atoms with Crippen LogP contribution in [0, 0.1) is 0 Å². The van der Waals surface area contributed by atoms with Gasteiger partial charge in [0.25, 0.3) is 0 Å². The van der Waals surface area contributed by atoms with Crippen molar-refractivity contribution in [2.75, 3.05) is 10.6 Å². The van der Waals surface area contributed by atoms with Crippen LogP contribution in [0.1, 0.15) is 24.0 Å². The van der Waals surface area contributed by atoms with Gasteiger partial charge in [0, 0.05) is 10.1 Å². The fraction of sp³-hybridized carbons (Fsp3) is 0.429. The van der Waals surface area contributed by atoms with E-state index in [1.807, 2.05) is 61.0 Å². The Kier molecular flexibility index (Phi) is 13.8. The van der Waals surface area contributed by atoms with Crippen LogP contribution in [-0.2, 0) is 20.3 Å². The Morgan fingerprint density at radius 2 is 1.20 bits per heavy atom. The Balaban J connectivity index is 1.96. The number of anilines is 4. The molecule has 1 aromatic heterocycles. The molecule has 0 unspecified atom stereocenters. The number of benzene rings is 2. The van der Waals surface area contributed by atoms with Crippen molar-refractivity contribution in [1.82, 2.24) is 15.3 Å². The average molecular weight is 818 g/mol. The number of hydrogen-bond donors (Lipinski definition) is 3. The molecule has 292 valence electrons. The van der Waals surface area contributed by atoms with Crippen molar-refractivity contribution in [1.29, 1.82) is 0 Å². The molecular weight excluding hydrogens is 760 g/mol. The molecule has 1 aliphatic heterocycles. The second-order valence-corrected chi connectivity index (χ2v) is 27.4. The largest absolute Gasteiger partial charge is 0.498 e. The van der Waals surface area contributed by atoms with Crippen LogP contribution in [0.25, 0.3) is 0 Å². The summed E-state index contributed by atoms with van der Waals surface area (Å²) in [7, 11) is 43.9. The van der Waals surface area contributed by atoms with Crippen LogP contribution in [0.15, 0.2) is 47.5 Å². The predicted molar refractivity (Wildman–Crippen MR) is 320 cm³/mol. The van der Waals surface area contributed by atoms with Gasteiger partial charge in [-0.05, 0) is 58.7 Å². The molecule has 2 heterocycles. The highest BCUT2D eigenvalue weighted by Crippen LogP contribution is 2.52. The fourth-order valence-corrected chi connectivity index (χ4v) is 13.3. The molecule has 0 bridgehead atoms. The van der Waals surface area contributed by atoms with Crippen LogP contribution in [-0.4, -0.2) is 212 Å². The van der Waals surface area contributed by atoms with Crippen molar-refractivity contribution in [2.24, 2.45) is 0 Å². The molecular formula is C28H58B22ClN5O3S. The van der Waals surface area contributed by atoms with E-state index in [1.165, 1.54) is 11.1 Å². The van der Waals surface area contributed by atoms with Crippen LogP contribution < -0.4 is 20.7 Å². The maximum atomic E-state index is 14.9. The lowest BCUT2D eigenvalue weighted by Gasteiger charge is -2.55. The topological polar surface area (TPSA) is 105 Å². The van der Waals surface area contributed by atoms with Gasteiger partial charge in [0.05, 0.1) is 140 Å². The van der Waals surface area contributed by atoms with E-state index in [0.29, 0.717) is 11.4 Å². The van der Waals surface area contributed by atoms with Gasteiger partial charge in [0.2, 0.25) is 5.95 Å². The van der Waals surface area contributed by atoms with Gasteiger partial charge in [-0.15, -0.1) is 10.2 Å². The molecule has 3 aromatic rings. The Labute approximate surface area is 387 Å². The van der Waals surface area contributed by atoms with Crippen molar-refractivity contribution in [3.05, 3.63) is 58.7 Å². The third-order valence-corrected chi connectivity index (χ3v) is 17.4. The van der Waals surface area contributed by atoms with E-state index < -0.39 is 30.2 Å². The first kappa shape index (κ1) is 51.2. The summed E-state index contributed by atoms with van der Waals surface area (Å²) in [6.07, 6.45) is 3.44. The summed E-state index contributed by atoms with van der Waals surface area (Å²) in [4.78, 5) is 9.76. The lowest BCUT2D eigenvalue weighted by molar-refractivity contribution is 0.159. The number of nitrogens with zero attached hydrogens (tertiary/aromatic N) is 2. The minimum absolute atomic E-state index is 0.0917. The van der Waals surface area contributed by atoms with Crippen LogP contribution in [0.3, 0.4) is 0 Å². The standard InChI is InChI=1S/C28H58B22ClN5O3S/c29-19(8-20(30,31)56-21(32,33)9-19)10-6-15(59-23(37,25(39,40)41)26(42,43)44)14(5-11(10)22(34,35)36)54-18-52-7-12(51)17(55-18)53-13-3-1-2-4-16(13)60(57,58)24(38,27(45,46)47)28(48,49)50/h1-7,56H,8-9,29-50H2,(H2,52,53,54,55). The highest BCUT2D eigenvalue weighted by molar-refractivity contribution is 7.95. The van der Waals surface area contributed by atoms with Gasteiger partial charge in [-0.25, -0.2) is 13.4 Å². The zero-order valence-corrected chi connectivity index (χ0v) is 42.9. The molecule has 32 heteroatoms. The number of para-hydroxylation sites is 1. The highest BCUT2D eigenvalue weighted by Gasteiger charge is 2.56. The zero-order valence-electron chi connectivity index (χ0n) is 41.4. The molecule has 60 heavy (non-hydrogen) atoms. The SMILES string of the molecule is BC1(B)CC(B)(c2cc(OC(B)(C(B)(B)B)C(B)(B)B)c(Nc3ncc(Cl)c(Nc4ccccc4S(=O)(=O)C(B)(C(B)(B)B)C(B)(B)B)n3)cc2C(B)(B)B)CC(B)(B)N1. The number of sulfone groups is 1. The highest BCUT2D eigenvalue weighted by atomic mass is 35.5. The second kappa shape index (κ2) is 16.2. The number of halogens is 1. The molecule has 0 radical (unpaired) electrons. The Bertz CT molecular complexity index is 2180. The van der Waals surface area contributed by atoms with Gasteiger partial charge >= 0.3 is 0 Å². The fourth-order valence-electron chi connectivity index (χ4n) is 10.5. The van der Waals surface area contributed by atoms with E-state index in [0.717, 1.165) is 18.5 Å². The molecule has 1 fully saturated rings. The molecule has 0 atom stereocenters. The van der Waals surface area contributed by atoms with E-state index in [1.54, 1.807) is 24.4 Å². The summed E-state index contributed by atoms with van der Waals surface area (Å²) >= 11 is 6.83. The third-order valence-electron chi connectivity index (χ3n) is 13.9. The third kappa shape index (κ3) is 9.93. The first-order chi connectivity index (χ1) is 26.6. The lowest BCUT2D eigenvalue weighted by atomic mass is 9.19. The lowest BCUT2D eigenvalue weighted by Crippen LogP contribution is -2.69. The molecule has 3 N–H and O–H groups in total. The Hall–Kier alpha value is -1.45. The van der Waals surface area contributed by atoms with Gasteiger partial charge in [0.15, 0.2) is 23.5 Å². The minimum atomic E-state index is -3.92.